The van der Waals surface area contributed by atoms with Gasteiger partial charge in [-0.1, -0.05) is 19.7 Å². The van der Waals surface area contributed by atoms with E-state index in [0.717, 1.165) is 10.4 Å². The molecule has 0 nitrogen and oxygen atoms in total. The van der Waals surface area contributed by atoms with Gasteiger partial charge in [0.2, 0.25) is 4.57 Å². The fourth-order valence-electron chi connectivity index (χ4n) is 2.09. The number of rotatable bonds is 1. The van der Waals surface area contributed by atoms with Gasteiger partial charge in [-0.2, -0.15) is 0 Å². The second kappa shape index (κ2) is 1.64. The van der Waals surface area contributed by atoms with E-state index in [1.165, 1.54) is 11.8 Å². The van der Waals surface area contributed by atoms with Crippen molar-refractivity contribution < 1.29 is 0 Å². The molecule has 2 fully saturated rings. The van der Waals surface area contributed by atoms with Crippen molar-refractivity contribution in [1.29, 1.82) is 0 Å². The van der Waals surface area contributed by atoms with Crippen LogP contribution in [0.4, 0.5) is 0 Å². The van der Waals surface area contributed by atoms with E-state index in [9.17, 15) is 0 Å². The zero-order valence-electron chi connectivity index (χ0n) is 5.10. The Morgan fingerprint density at radius 3 is 2.00 bits per heavy atom. The Morgan fingerprint density at radius 2 is 1.88 bits per heavy atom. The summed E-state index contributed by atoms with van der Waals surface area (Å²) in [7, 11) is 0. The van der Waals surface area contributed by atoms with Gasteiger partial charge in [0.05, 0.1) is 0 Å². The van der Waals surface area contributed by atoms with Crippen molar-refractivity contribution >= 4 is 26.9 Å². The molecule has 2 heteroatoms. The van der Waals surface area contributed by atoms with E-state index < -0.39 is 0 Å². The average molecular weight is 220 g/mol. The van der Waals surface area contributed by atoms with Crippen molar-refractivity contribution in [3.8, 4) is 0 Å². The Balaban J connectivity index is 1.95. The molecule has 2 rings (SSSR count). The van der Waals surface area contributed by atoms with Crippen LogP contribution in [0.5, 0.6) is 0 Å². The Labute approximate surface area is 64.4 Å². The first-order valence-corrected chi connectivity index (χ1v) is 4.69. The van der Waals surface area contributed by atoms with Gasteiger partial charge in [0.25, 0.3) is 0 Å². The number of halogens is 1. The molecule has 0 N–H and O–H groups in total. The highest BCUT2D eigenvalue weighted by Crippen LogP contribution is 2.67. The first kappa shape index (κ1) is 5.57. The minimum Gasteiger partial charge on any atom is -0.150 e. The second-order valence-corrected chi connectivity index (χ2v) is 5.12. The molecule has 0 aromatic carbocycles. The molecule has 2 aliphatic carbocycles. The van der Waals surface area contributed by atoms with E-state index in [-0.39, 0.29) is 0 Å². The van der Waals surface area contributed by atoms with Gasteiger partial charge in [-0.25, -0.2) is 0 Å². The zero-order chi connectivity index (χ0) is 5.72. The fraction of sp³-hybridized carbons (Fsp3) is 1.00. The molecular formula is C6H10BI. The maximum Gasteiger partial charge on any atom is 0.218 e. The molecule has 0 spiro atoms. The normalized spacial score (nSPS) is 49.5. The van der Waals surface area contributed by atoms with Crippen molar-refractivity contribution in [2.75, 3.05) is 0 Å². The third-order valence-corrected chi connectivity index (χ3v) is 3.59. The average Bonchev–Trinajstić information content (AvgIpc) is 2.07. The Kier molecular flexibility index (Phi) is 1.14. The molecule has 44 valence electrons. The molecule has 2 saturated carbocycles. The molecule has 0 aromatic rings. The van der Waals surface area contributed by atoms with E-state index >= 15 is 0 Å². The summed E-state index contributed by atoms with van der Waals surface area (Å²) in [6.45, 7) is 2.35. The molecular weight excluding hydrogens is 210 g/mol. The van der Waals surface area contributed by atoms with Crippen LogP contribution in [0.1, 0.15) is 12.8 Å². The zero-order valence-corrected chi connectivity index (χ0v) is 7.26. The molecule has 0 aromatic heterocycles. The van der Waals surface area contributed by atoms with Gasteiger partial charge < -0.3 is 0 Å². The molecule has 0 aliphatic heterocycles. The van der Waals surface area contributed by atoms with Crippen LogP contribution in [0.15, 0.2) is 0 Å². The summed E-state index contributed by atoms with van der Waals surface area (Å²) in [5.74, 6) is 3.50. The molecule has 2 atom stereocenters. The Morgan fingerprint density at radius 1 is 1.38 bits per heavy atom. The fourth-order valence-corrected chi connectivity index (χ4v) is 3.16. The van der Waals surface area contributed by atoms with Crippen molar-refractivity contribution in [2.45, 2.75) is 25.5 Å². The van der Waals surface area contributed by atoms with Gasteiger partial charge >= 0.3 is 0 Å². The van der Waals surface area contributed by atoms with Crippen LogP contribution < -0.4 is 0 Å². The van der Waals surface area contributed by atoms with Crippen LogP contribution in [0, 0.1) is 11.8 Å². The van der Waals surface area contributed by atoms with Crippen LogP contribution in [0.3, 0.4) is 0 Å². The van der Waals surface area contributed by atoms with Crippen molar-refractivity contribution in [3.63, 3.8) is 0 Å². The second-order valence-electron chi connectivity index (χ2n) is 3.16. The maximum absolute atomic E-state index is 2.57. The van der Waals surface area contributed by atoms with Gasteiger partial charge in [-0.3, -0.25) is 0 Å². The molecule has 0 heterocycles. The third kappa shape index (κ3) is 0.582. The smallest absolute Gasteiger partial charge is 0.150 e. The third-order valence-electron chi connectivity index (χ3n) is 2.76. The van der Waals surface area contributed by atoms with Crippen molar-refractivity contribution in [1.82, 2.24) is 0 Å². The summed E-state index contributed by atoms with van der Waals surface area (Å²) in [6, 6.07) is 0. The van der Waals surface area contributed by atoms with E-state index in [1.807, 2.05) is 0 Å². The number of hydrogen-bond donors (Lipinski definition) is 0. The summed E-state index contributed by atoms with van der Waals surface area (Å²) in [5.41, 5.74) is 0. The largest absolute Gasteiger partial charge is 0.218 e. The first-order valence-electron chi connectivity index (χ1n) is 3.45. The molecule has 0 bridgehead atoms. The van der Waals surface area contributed by atoms with E-state index in [1.54, 1.807) is 12.8 Å². The van der Waals surface area contributed by atoms with E-state index in [2.05, 4.69) is 29.2 Å². The lowest BCUT2D eigenvalue weighted by molar-refractivity contribution is 0.468. The lowest BCUT2D eigenvalue weighted by Gasteiger charge is -2.04. The highest BCUT2D eigenvalue weighted by molar-refractivity contribution is 14.1. The highest BCUT2D eigenvalue weighted by atomic mass is 127. The summed E-state index contributed by atoms with van der Waals surface area (Å²) in [4.78, 5) is 0. The lowest BCUT2D eigenvalue weighted by atomic mass is 9.74. The van der Waals surface area contributed by atoms with Gasteiger partial charge in [0.15, 0.2) is 0 Å². The quantitative estimate of drug-likeness (QED) is 0.470. The molecule has 2 aliphatic rings. The van der Waals surface area contributed by atoms with Gasteiger partial charge in [0.1, 0.15) is 0 Å². The maximum atomic E-state index is 2.57. The van der Waals surface area contributed by atoms with Crippen LogP contribution in [-0.4, -0.2) is 4.57 Å². The SMILES string of the molecule is CB(I)C1C2CCC21. The van der Waals surface area contributed by atoms with Crippen molar-refractivity contribution in [2.24, 2.45) is 11.8 Å². The van der Waals surface area contributed by atoms with Gasteiger partial charge in [-0.15, -0.1) is 22.4 Å². The lowest BCUT2D eigenvalue weighted by Crippen LogP contribution is -1.93. The summed E-state index contributed by atoms with van der Waals surface area (Å²) in [6.07, 6.45) is 3.09. The number of fused-ring (bicyclic) bond motifs is 1. The Bertz CT molecular complexity index is 100. The molecule has 0 radical (unpaired) electrons. The highest BCUT2D eigenvalue weighted by Gasteiger charge is 2.58. The predicted octanol–water partition coefficient (Wildman–Crippen LogP) is 2.45. The minimum atomic E-state index is 0.949. The van der Waals surface area contributed by atoms with Crippen LogP contribution in [0.25, 0.3) is 0 Å². The van der Waals surface area contributed by atoms with Crippen molar-refractivity contribution in [3.05, 3.63) is 0 Å². The van der Waals surface area contributed by atoms with Crippen LogP contribution in [0.2, 0.25) is 12.6 Å². The standard InChI is InChI=1S/C6H10BI/c1-7(8)6-4-2-3-5(4)6/h4-6H,2-3H2,1H3. The molecule has 0 amide bonds. The summed E-state index contributed by atoms with van der Waals surface area (Å²) >= 11 is 2.57. The minimum absolute atomic E-state index is 0.949. The van der Waals surface area contributed by atoms with E-state index in [4.69, 9.17) is 0 Å². The molecule has 2 unspecified atom stereocenters. The first-order chi connectivity index (χ1) is 3.80. The summed E-state index contributed by atoms with van der Waals surface area (Å²) in [5, 5.41) is 0. The topological polar surface area (TPSA) is 0 Å². The van der Waals surface area contributed by atoms with Crippen LogP contribution in [-0.2, 0) is 0 Å². The number of hydrogen-bond acceptors (Lipinski definition) is 0. The Hall–Kier alpha value is 0.795. The predicted molar refractivity (Wildman–Crippen MR) is 45.6 cm³/mol. The van der Waals surface area contributed by atoms with Crippen LogP contribution >= 0.6 is 22.4 Å². The molecule has 8 heavy (non-hydrogen) atoms. The van der Waals surface area contributed by atoms with Gasteiger partial charge in [-0.05, 0) is 17.7 Å². The summed E-state index contributed by atoms with van der Waals surface area (Å²) < 4.78 is 0.949. The van der Waals surface area contributed by atoms with E-state index in [0.29, 0.717) is 0 Å². The van der Waals surface area contributed by atoms with Gasteiger partial charge in [0, 0.05) is 0 Å². The monoisotopic (exact) mass is 220 g/mol. The molecule has 0 saturated heterocycles.